The average Bonchev–Trinajstić information content (AvgIpc) is 2.24. The van der Waals surface area contributed by atoms with Crippen molar-refractivity contribution in [2.24, 2.45) is 11.7 Å². The number of hydrogen-bond donors (Lipinski definition) is 1. The molecule has 1 aromatic rings. The van der Waals surface area contributed by atoms with Crippen molar-refractivity contribution in [2.75, 3.05) is 11.4 Å². The summed E-state index contributed by atoms with van der Waals surface area (Å²) in [6, 6.07) is 6.17. The van der Waals surface area contributed by atoms with Crippen molar-refractivity contribution in [3.05, 3.63) is 28.8 Å². The number of rotatable bonds is 5. The average molecular weight is 285 g/mol. The Hall–Kier alpha value is -0.800. The van der Waals surface area contributed by atoms with E-state index in [4.69, 9.17) is 29.6 Å². The van der Waals surface area contributed by atoms with Crippen molar-refractivity contribution in [3.8, 4) is 0 Å². The summed E-state index contributed by atoms with van der Waals surface area (Å²) in [5.41, 5.74) is 7.61. The highest BCUT2D eigenvalue weighted by Crippen LogP contribution is 2.29. The van der Waals surface area contributed by atoms with E-state index in [2.05, 4.69) is 32.6 Å². The van der Waals surface area contributed by atoms with Crippen LogP contribution in [0.5, 0.6) is 0 Å². The zero-order chi connectivity index (χ0) is 13.9. The summed E-state index contributed by atoms with van der Waals surface area (Å²) in [7, 11) is 0. The fourth-order valence-electron chi connectivity index (χ4n) is 1.98. The smallest absolute Gasteiger partial charge is 0.107 e. The number of benzene rings is 1. The second kappa shape index (κ2) is 6.39. The number of nitrogens with two attached hydrogens (primary N) is 1. The lowest BCUT2D eigenvalue weighted by molar-refractivity contribution is 0.571. The molecule has 2 nitrogen and oxygen atoms in total. The molecule has 4 heteroatoms. The minimum atomic E-state index is 0.352. The molecule has 0 aromatic heterocycles. The third-order valence-electron chi connectivity index (χ3n) is 2.73. The van der Waals surface area contributed by atoms with E-state index in [9.17, 15) is 0 Å². The van der Waals surface area contributed by atoms with E-state index in [0.29, 0.717) is 22.0 Å². The first-order valence-electron chi connectivity index (χ1n) is 6.19. The molecule has 0 spiro atoms. The van der Waals surface area contributed by atoms with E-state index in [1.165, 1.54) is 0 Å². The maximum Gasteiger partial charge on any atom is 0.107 e. The standard InChI is InChI=1S/C14H21ClN2S/c1-9(2)8-17(10(3)4)12-7-5-6-11(15)13(12)14(16)18/h5-7,9-10H,8H2,1-4H3,(H2,16,18). The molecule has 18 heavy (non-hydrogen) atoms. The van der Waals surface area contributed by atoms with Crippen LogP contribution in [0.1, 0.15) is 33.3 Å². The first-order chi connectivity index (χ1) is 8.34. The van der Waals surface area contributed by atoms with Crippen molar-refractivity contribution in [1.29, 1.82) is 0 Å². The molecule has 0 fully saturated rings. The minimum absolute atomic E-state index is 0.352. The van der Waals surface area contributed by atoms with Crippen LogP contribution in [0.25, 0.3) is 0 Å². The molecular formula is C14H21ClN2S. The number of nitrogens with zero attached hydrogens (tertiary/aromatic N) is 1. The maximum absolute atomic E-state index is 6.22. The molecule has 0 amide bonds. The third kappa shape index (κ3) is 3.59. The Morgan fingerprint density at radius 3 is 2.39 bits per heavy atom. The van der Waals surface area contributed by atoms with Gasteiger partial charge in [0.05, 0.1) is 10.6 Å². The SMILES string of the molecule is CC(C)CN(c1cccc(Cl)c1C(N)=S)C(C)C. The Bertz CT molecular complexity index is 430. The molecule has 2 N–H and O–H groups in total. The first kappa shape index (κ1) is 15.3. The Morgan fingerprint density at radius 2 is 1.94 bits per heavy atom. The zero-order valence-electron chi connectivity index (χ0n) is 11.4. The molecule has 100 valence electrons. The fourth-order valence-corrected chi connectivity index (χ4v) is 2.52. The van der Waals surface area contributed by atoms with E-state index in [0.717, 1.165) is 17.8 Å². The summed E-state index contributed by atoms with van der Waals surface area (Å²) in [6.07, 6.45) is 0. The number of halogens is 1. The van der Waals surface area contributed by atoms with Gasteiger partial charge in [-0.3, -0.25) is 0 Å². The van der Waals surface area contributed by atoms with Gasteiger partial charge in [0, 0.05) is 18.3 Å². The van der Waals surface area contributed by atoms with E-state index in [1.807, 2.05) is 18.2 Å². The summed E-state index contributed by atoms with van der Waals surface area (Å²) in [5.74, 6) is 0.561. The summed E-state index contributed by atoms with van der Waals surface area (Å²) in [4.78, 5) is 2.65. The summed E-state index contributed by atoms with van der Waals surface area (Å²) >= 11 is 11.3. The van der Waals surface area contributed by atoms with Gasteiger partial charge in [0.1, 0.15) is 4.99 Å². The van der Waals surface area contributed by atoms with Gasteiger partial charge in [0.2, 0.25) is 0 Å². The van der Waals surface area contributed by atoms with Crippen LogP contribution in [-0.2, 0) is 0 Å². The van der Waals surface area contributed by atoms with Crippen LogP contribution in [0.15, 0.2) is 18.2 Å². The molecule has 0 radical (unpaired) electrons. The van der Waals surface area contributed by atoms with Gasteiger partial charge in [-0.15, -0.1) is 0 Å². The van der Waals surface area contributed by atoms with Crippen molar-refractivity contribution in [3.63, 3.8) is 0 Å². The van der Waals surface area contributed by atoms with Gasteiger partial charge < -0.3 is 10.6 Å². The molecule has 0 aliphatic carbocycles. The molecule has 1 rings (SSSR count). The summed E-state index contributed by atoms with van der Waals surface area (Å²) < 4.78 is 0. The molecule has 1 aromatic carbocycles. The van der Waals surface area contributed by atoms with Gasteiger partial charge >= 0.3 is 0 Å². The van der Waals surface area contributed by atoms with Gasteiger partial charge in [-0.2, -0.15) is 0 Å². The second-order valence-electron chi connectivity index (χ2n) is 5.14. The van der Waals surface area contributed by atoms with Crippen LogP contribution in [0, 0.1) is 5.92 Å². The normalized spacial score (nSPS) is 11.1. The van der Waals surface area contributed by atoms with Gasteiger partial charge in [-0.1, -0.05) is 43.7 Å². The summed E-state index contributed by atoms with van der Waals surface area (Å²) in [5, 5.41) is 0.620. The minimum Gasteiger partial charge on any atom is -0.389 e. The van der Waals surface area contributed by atoms with Crippen LogP contribution >= 0.6 is 23.8 Å². The summed E-state index contributed by atoms with van der Waals surface area (Å²) in [6.45, 7) is 9.66. The van der Waals surface area contributed by atoms with Crippen LogP contribution in [0.2, 0.25) is 5.02 Å². The molecule has 0 heterocycles. The van der Waals surface area contributed by atoms with Gasteiger partial charge in [0.25, 0.3) is 0 Å². The molecule has 0 saturated heterocycles. The molecule has 0 atom stereocenters. The quantitative estimate of drug-likeness (QED) is 0.833. The van der Waals surface area contributed by atoms with Crippen LogP contribution in [0.3, 0.4) is 0 Å². The largest absolute Gasteiger partial charge is 0.389 e. The van der Waals surface area contributed by atoms with Crippen molar-refractivity contribution in [1.82, 2.24) is 0 Å². The number of anilines is 1. The van der Waals surface area contributed by atoms with Gasteiger partial charge in [0.15, 0.2) is 0 Å². The van der Waals surface area contributed by atoms with E-state index < -0.39 is 0 Å². The van der Waals surface area contributed by atoms with Crippen LogP contribution in [0.4, 0.5) is 5.69 Å². The number of thiocarbonyl (C=S) groups is 1. The maximum atomic E-state index is 6.22. The second-order valence-corrected chi connectivity index (χ2v) is 5.99. The van der Waals surface area contributed by atoms with E-state index in [1.54, 1.807) is 0 Å². The monoisotopic (exact) mass is 284 g/mol. The van der Waals surface area contributed by atoms with Crippen LogP contribution < -0.4 is 10.6 Å². The Kier molecular flexibility index (Phi) is 5.42. The predicted octanol–water partition coefficient (Wildman–Crippen LogP) is 3.85. The molecular weight excluding hydrogens is 264 g/mol. The Morgan fingerprint density at radius 1 is 1.33 bits per heavy atom. The highest BCUT2D eigenvalue weighted by molar-refractivity contribution is 7.80. The highest BCUT2D eigenvalue weighted by atomic mass is 35.5. The van der Waals surface area contributed by atoms with Gasteiger partial charge in [-0.05, 0) is 31.9 Å². The molecule has 0 bridgehead atoms. The van der Waals surface area contributed by atoms with Gasteiger partial charge in [-0.25, -0.2) is 0 Å². The number of hydrogen-bond acceptors (Lipinski definition) is 2. The molecule has 0 aliphatic rings. The zero-order valence-corrected chi connectivity index (χ0v) is 13.0. The topological polar surface area (TPSA) is 29.3 Å². The van der Waals surface area contributed by atoms with Crippen LogP contribution in [-0.4, -0.2) is 17.6 Å². The lowest BCUT2D eigenvalue weighted by Crippen LogP contribution is -2.35. The van der Waals surface area contributed by atoms with Crippen molar-refractivity contribution >= 4 is 34.5 Å². The third-order valence-corrected chi connectivity index (χ3v) is 3.25. The lowest BCUT2D eigenvalue weighted by Gasteiger charge is -2.32. The molecule has 0 aliphatic heterocycles. The highest BCUT2D eigenvalue weighted by Gasteiger charge is 2.18. The van der Waals surface area contributed by atoms with E-state index >= 15 is 0 Å². The fraction of sp³-hybridized carbons (Fsp3) is 0.500. The first-order valence-corrected chi connectivity index (χ1v) is 6.98. The molecule has 0 unspecified atom stereocenters. The lowest BCUT2D eigenvalue weighted by atomic mass is 10.1. The van der Waals surface area contributed by atoms with Crippen molar-refractivity contribution in [2.45, 2.75) is 33.7 Å². The van der Waals surface area contributed by atoms with E-state index in [-0.39, 0.29) is 0 Å². The predicted molar refractivity (Wildman–Crippen MR) is 84.7 cm³/mol. The van der Waals surface area contributed by atoms with Crippen molar-refractivity contribution < 1.29 is 0 Å². The Balaban J connectivity index is 3.27. The molecule has 0 saturated carbocycles. The Labute approximate surface area is 120 Å².